The van der Waals surface area contributed by atoms with Crippen molar-refractivity contribution in [1.82, 2.24) is 5.32 Å². The molecule has 0 saturated carbocycles. The molecule has 3 rings (SSSR count). The van der Waals surface area contributed by atoms with Crippen LogP contribution in [0.3, 0.4) is 0 Å². The SMILES string of the molecule is CNC(Cc1cccc2ccccc12)c1cc(Cl)sc1Cl. The van der Waals surface area contributed by atoms with Gasteiger partial charge in [0, 0.05) is 11.6 Å². The van der Waals surface area contributed by atoms with Gasteiger partial charge in [-0.2, -0.15) is 0 Å². The van der Waals surface area contributed by atoms with E-state index in [1.807, 2.05) is 13.1 Å². The molecule has 0 spiro atoms. The monoisotopic (exact) mass is 335 g/mol. The van der Waals surface area contributed by atoms with Gasteiger partial charge in [0.05, 0.1) is 8.67 Å². The summed E-state index contributed by atoms with van der Waals surface area (Å²) in [6.45, 7) is 0. The van der Waals surface area contributed by atoms with Crippen molar-refractivity contribution in [2.75, 3.05) is 7.05 Å². The third kappa shape index (κ3) is 3.09. The smallest absolute Gasteiger partial charge is 0.0992 e. The summed E-state index contributed by atoms with van der Waals surface area (Å²) in [4.78, 5) is 0. The molecule has 1 unspecified atom stereocenters. The molecule has 2 aromatic carbocycles. The molecule has 1 aromatic heterocycles. The summed E-state index contributed by atoms with van der Waals surface area (Å²) >= 11 is 13.8. The second-order valence-corrected chi connectivity index (χ2v) is 7.25. The molecule has 21 heavy (non-hydrogen) atoms. The maximum absolute atomic E-state index is 6.30. The Bertz CT molecular complexity index is 761. The molecule has 0 aliphatic heterocycles. The van der Waals surface area contributed by atoms with Crippen molar-refractivity contribution in [3.63, 3.8) is 0 Å². The van der Waals surface area contributed by atoms with Crippen molar-refractivity contribution in [3.8, 4) is 0 Å². The Morgan fingerprint density at radius 3 is 2.57 bits per heavy atom. The molecular weight excluding hydrogens is 321 g/mol. The number of nitrogens with one attached hydrogen (secondary N) is 1. The van der Waals surface area contributed by atoms with Crippen LogP contribution in [-0.2, 0) is 6.42 Å². The Labute approximate surface area is 138 Å². The number of hydrogen-bond donors (Lipinski definition) is 1. The van der Waals surface area contributed by atoms with Gasteiger partial charge >= 0.3 is 0 Å². The van der Waals surface area contributed by atoms with Crippen molar-refractivity contribution in [1.29, 1.82) is 0 Å². The summed E-state index contributed by atoms with van der Waals surface area (Å²) < 4.78 is 1.49. The maximum Gasteiger partial charge on any atom is 0.0992 e. The second-order valence-electron chi connectivity index (χ2n) is 4.96. The fourth-order valence-electron chi connectivity index (χ4n) is 2.65. The summed E-state index contributed by atoms with van der Waals surface area (Å²) in [5, 5.41) is 5.90. The Morgan fingerprint density at radius 1 is 1.10 bits per heavy atom. The zero-order chi connectivity index (χ0) is 14.8. The van der Waals surface area contributed by atoms with Gasteiger partial charge in [-0.05, 0) is 35.9 Å². The molecule has 0 aliphatic rings. The number of halogens is 2. The van der Waals surface area contributed by atoms with Crippen molar-refractivity contribution < 1.29 is 0 Å². The van der Waals surface area contributed by atoms with Crippen LogP contribution >= 0.6 is 34.5 Å². The van der Waals surface area contributed by atoms with E-state index >= 15 is 0 Å². The summed E-state index contributed by atoms with van der Waals surface area (Å²) in [6.07, 6.45) is 0.880. The first kappa shape index (κ1) is 14.9. The largest absolute Gasteiger partial charge is 0.313 e. The normalized spacial score (nSPS) is 12.7. The minimum atomic E-state index is 0.159. The number of benzene rings is 2. The lowest BCUT2D eigenvalue weighted by Gasteiger charge is -2.17. The quantitative estimate of drug-likeness (QED) is 0.643. The number of fused-ring (bicyclic) bond motifs is 1. The van der Waals surface area contributed by atoms with E-state index in [1.165, 1.54) is 27.7 Å². The lowest BCUT2D eigenvalue weighted by atomic mass is 9.96. The van der Waals surface area contributed by atoms with E-state index in [2.05, 4.69) is 47.8 Å². The molecular formula is C17H15Cl2NS. The molecule has 0 amide bonds. The topological polar surface area (TPSA) is 12.0 Å². The van der Waals surface area contributed by atoms with Gasteiger partial charge in [0.15, 0.2) is 0 Å². The molecule has 1 nitrogen and oxygen atoms in total. The van der Waals surface area contributed by atoms with Crippen molar-refractivity contribution in [2.45, 2.75) is 12.5 Å². The predicted octanol–water partition coefficient (Wildman–Crippen LogP) is 5.71. The molecule has 3 aromatic rings. The van der Waals surface area contributed by atoms with E-state index in [0.717, 1.165) is 20.7 Å². The van der Waals surface area contributed by atoms with Crippen LogP contribution in [0, 0.1) is 0 Å². The van der Waals surface area contributed by atoms with Crippen LogP contribution in [0.1, 0.15) is 17.2 Å². The molecule has 1 N–H and O–H groups in total. The molecule has 1 heterocycles. The van der Waals surface area contributed by atoms with Gasteiger partial charge in [0.25, 0.3) is 0 Å². The first-order valence-corrected chi connectivity index (χ1v) is 8.35. The van der Waals surface area contributed by atoms with Crippen LogP contribution in [0.25, 0.3) is 10.8 Å². The van der Waals surface area contributed by atoms with E-state index in [-0.39, 0.29) is 6.04 Å². The van der Waals surface area contributed by atoms with Crippen LogP contribution in [0.15, 0.2) is 48.5 Å². The van der Waals surface area contributed by atoms with E-state index in [0.29, 0.717) is 0 Å². The molecule has 4 heteroatoms. The number of likely N-dealkylation sites (N-methyl/N-ethyl adjacent to an activating group) is 1. The first-order valence-electron chi connectivity index (χ1n) is 6.77. The number of rotatable bonds is 4. The fraction of sp³-hybridized carbons (Fsp3) is 0.176. The van der Waals surface area contributed by atoms with Gasteiger partial charge in [-0.1, -0.05) is 65.7 Å². The van der Waals surface area contributed by atoms with Gasteiger partial charge in [0.1, 0.15) is 0 Å². The van der Waals surface area contributed by atoms with E-state index in [9.17, 15) is 0 Å². The highest BCUT2D eigenvalue weighted by Crippen LogP contribution is 2.36. The molecule has 0 radical (unpaired) electrons. The minimum Gasteiger partial charge on any atom is -0.313 e. The van der Waals surface area contributed by atoms with Crippen LogP contribution in [0.5, 0.6) is 0 Å². The molecule has 0 fully saturated rings. The second kappa shape index (κ2) is 6.37. The third-order valence-corrected chi connectivity index (χ3v) is 5.23. The maximum atomic E-state index is 6.30. The highest BCUT2D eigenvalue weighted by Gasteiger charge is 2.17. The highest BCUT2D eigenvalue weighted by molar-refractivity contribution is 7.20. The molecule has 0 saturated heterocycles. The Balaban J connectivity index is 1.98. The fourth-order valence-corrected chi connectivity index (χ4v) is 4.23. The third-order valence-electron chi connectivity index (χ3n) is 3.71. The van der Waals surface area contributed by atoms with Crippen LogP contribution in [-0.4, -0.2) is 7.05 Å². The summed E-state index contributed by atoms with van der Waals surface area (Å²) in [5.74, 6) is 0. The van der Waals surface area contributed by atoms with Gasteiger partial charge < -0.3 is 5.32 Å². The molecule has 1 atom stereocenters. The summed E-state index contributed by atoms with van der Waals surface area (Å²) in [7, 11) is 1.96. The molecule has 0 aliphatic carbocycles. The van der Waals surface area contributed by atoms with Crippen molar-refractivity contribution in [2.24, 2.45) is 0 Å². The van der Waals surface area contributed by atoms with Crippen molar-refractivity contribution in [3.05, 3.63) is 68.3 Å². The zero-order valence-corrected chi connectivity index (χ0v) is 13.9. The van der Waals surface area contributed by atoms with Gasteiger partial charge in [-0.3, -0.25) is 0 Å². The van der Waals surface area contributed by atoms with Gasteiger partial charge in [-0.25, -0.2) is 0 Å². The van der Waals surface area contributed by atoms with Gasteiger partial charge in [0.2, 0.25) is 0 Å². The van der Waals surface area contributed by atoms with Crippen LogP contribution in [0.2, 0.25) is 8.67 Å². The number of thiophene rings is 1. The Kier molecular flexibility index (Phi) is 4.51. The summed E-state index contributed by atoms with van der Waals surface area (Å²) in [6, 6.07) is 17.0. The summed E-state index contributed by atoms with van der Waals surface area (Å²) in [5.41, 5.74) is 2.38. The van der Waals surface area contributed by atoms with Crippen LogP contribution < -0.4 is 5.32 Å². The zero-order valence-electron chi connectivity index (χ0n) is 11.6. The highest BCUT2D eigenvalue weighted by atomic mass is 35.5. The van der Waals surface area contributed by atoms with E-state index in [1.54, 1.807) is 0 Å². The van der Waals surface area contributed by atoms with E-state index < -0.39 is 0 Å². The van der Waals surface area contributed by atoms with Crippen molar-refractivity contribution >= 4 is 45.3 Å². The van der Waals surface area contributed by atoms with Gasteiger partial charge in [-0.15, -0.1) is 11.3 Å². The Hall–Kier alpha value is -1.06. The van der Waals surface area contributed by atoms with Crippen LogP contribution in [0.4, 0.5) is 0 Å². The average Bonchev–Trinajstić information content (AvgIpc) is 2.83. The standard InChI is InChI=1S/C17H15Cl2NS/c1-20-15(14-10-16(18)21-17(14)19)9-12-7-4-6-11-5-2-3-8-13(11)12/h2-8,10,15,20H,9H2,1H3. The molecule has 108 valence electrons. The first-order chi connectivity index (χ1) is 10.2. The lowest BCUT2D eigenvalue weighted by molar-refractivity contribution is 0.596. The predicted molar refractivity (Wildman–Crippen MR) is 93.8 cm³/mol. The lowest BCUT2D eigenvalue weighted by Crippen LogP contribution is -2.18. The number of hydrogen-bond acceptors (Lipinski definition) is 2. The Morgan fingerprint density at radius 2 is 1.86 bits per heavy atom. The molecule has 0 bridgehead atoms. The minimum absolute atomic E-state index is 0.159. The van der Waals surface area contributed by atoms with E-state index in [4.69, 9.17) is 23.2 Å². The average molecular weight is 336 g/mol.